The second-order valence-corrected chi connectivity index (χ2v) is 11.8. The molecule has 0 spiro atoms. The van der Waals surface area contributed by atoms with Gasteiger partial charge in [0.1, 0.15) is 5.78 Å². The van der Waals surface area contributed by atoms with Crippen LogP contribution in [-0.2, 0) is 4.79 Å². The Morgan fingerprint density at radius 2 is 2.04 bits per heavy atom. The van der Waals surface area contributed by atoms with Gasteiger partial charge in [-0.05, 0) is 93.9 Å². The lowest BCUT2D eigenvalue weighted by Gasteiger charge is -2.60. The smallest absolute Gasteiger partial charge is 0.139 e. The number of rotatable bonds is 5. The lowest BCUT2D eigenvalue weighted by atomic mass is 9.45. The summed E-state index contributed by atoms with van der Waals surface area (Å²) in [6, 6.07) is 0. The van der Waals surface area contributed by atoms with Gasteiger partial charge in [0.15, 0.2) is 0 Å². The van der Waals surface area contributed by atoms with E-state index >= 15 is 0 Å². The zero-order valence-corrected chi connectivity index (χ0v) is 18.7. The summed E-state index contributed by atoms with van der Waals surface area (Å²) >= 11 is 2.13. The van der Waals surface area contributed by atoms with Crippen LogP contribution in [0, 0.1) is 34.5 Å². The molecule has 4 rings (SSSR count). The summed E-state index contributed by atoms with van der Waals surface area (Å²) in [5, 5.41) is 17.7. The molecule has 5 heteroatoms. The highest BCUT2D eigenvalue weighted by molar-refractivity contribution is 7.99. The number of ketones is 1. The van der Waals surface area contributed by atoms with Gasteiger partial charge < -0.3 is 10.5 Å². The number of hydrogen-bond acceptors (Lipinski definition) is 5. The highest BCUT2D eigenvalue weighted by atomic mass is 32.2. The van der Waals surface area contributed by atoms with Crippen LogP contribution in [0.5, 0.6) is 0 Å². The fourth-order valence-corrected chi connectivity index (χ4v) is 8.82. The number of thioether (sulfide) groups is 1. The largest absolute Gasteiger partial charge is 0.411 e. The molecule has 0 amide bonds. The van der Waals surface area contributed by atoms with Crippen LogP contribution in [0.2, 0.25) is 0 Å². The molecule has 4 nitrogen and oxygen atoms in total. The molecule has 4 fully saturated rings. The minimum absolute atomic E-state index is 0.106. The van der Waals surface area contributed by atoms with Gasteiger partial charge in [0.05, 0.1) is 5.71 Å². The van der Waals surface area contributed by atoms with Crippen molar-refractivity contribution >= 4 is 23.3 Å². The number of nitrogens with zero attached hydrogens (tertiary/aromatic N) is 1. The average molecular weight is 407 g/mol. The minimum atomic E-state index is -0.106. The second-order valence-electron chi connectivity index (χ2n) is 10.4. The molecule has 28 heavy (non-hydrogen) atoms. The Kier molecular flexibility index (Phi) is 5.87. The van der Waals surface area contributed by atoms with Crippen LogP contribution in [0.1, 0.15) is 71.6 Å². The van der Waals surface area contributed by atoms with Crippen LogP contribution >= 0.6 is 11.8 Å². The summed E-state index contributed by atoms with van der Waals surface area (Å²) in [6.45, 7) is 5.81. The first kappa shape index (κ1) is 20.7. The molecule has 4 aliphatic rings. The lowest BCUT2D eigenvalue weighted by molar-refractivity contribution is -0.133. The maximum absolute atomic E-state index is 12.6. The van der Waals surface area contributed by atoms with E-state index in [4.69, 9.17) is 0 Å². The van der Waals surface area contributed by atoms with Crippen molar-refractivity contribution in [1.82, 2.24) is 5.32 Å². The Bertz CT molecular complexity index is 638. The van der Waals surface area contributed by atoms with Gasteiger partial charge in [-0.2, -0.15) is 11.8 Å². The molecular formula is C23H38N2O2S. The molecule has 158 valence electrons. The Balaban J connectivity index is 1.52. The summed E-state index contributed by atoms with van der Waals surface area (Å²) in [4.78, 5) is 12.6. The minimum Gasteiger partial charge on any atom is -0.411 e. The van der Waals surface area contributed by atoms with Gasteiger partial charge in [-0.3, -0.25) is 4.79 Å². The third-order valence-corrected chi connectivity index (χ3v) is 10.6. The van der Waals surface area contributed by atoms with Gasteiger partial charge >= 0.3 is 0 Å². The fourth-order valence-electron chi connectivity index (χ4n) is 7.56. The van der Waals surface area contributed by atoms with Crippen LogP contribution in [0.4, 0.5) is 0 Å². The molecule has 0 aliphatic heterocycles. The van der Waals surface area contributed by atoms with Crippen molar-refractivity contribution in [3.8, 4) is 0 Å². The number of nitrogens with one attached hydrogen (secondary N) is 1. The molecule has 0 saturated heterocycles. The number of carbonyl (C=O) groups is 1. The lowest BCUT2D eigenvalue weighted by Crippen LogP contribution is -2.56. The standard InChI is InChI=1S/C23H38N2O2S/c1-22-9-7-15(28-12-4-11-24-3)13-19(22)20(25-27)14-16-17-5-6-21(26)23(17,2)10-8-18(16)22/h15-19,24,27H,4-14H2,1-3H3/b25-20+/t15-,16+,17+,18+,19?,22-,23+/m1/s1. The average Bonchev–Trinajstić information content (AvgIpc) is 3.00. The van der Waals surface area contributed by atoms with E-state index < -0.39 is 0 Å². The normalized spacial score (nSPS) is 46.9. The van der Waals surface area contributed by atoms with Gasteiger partial charge in [0.2, 0.25) is 0 Å². The molecular weight excluding hydrogens is 368 g/mol. The molecule has 0 heterocycles. The Morgan fingerprint density at radius 3 is 2.79 bits per heavy atom. The second kappa shape index (κ2) is 7.94. The molecule has 0 bridgehead atoms. The number of oxime groups is 1. The maximum Gasteiger partial charge on any atom is 0.139 e. The summed E-state index contributed by atoms with van der Waals surface area (Å²) < 4.78 is 0. The number of hydrogen-bond donors (Lipinski definition) is 2. The molecule has 1 unspecified atom stereocenters. The van der Waals surface area contributed by atoms with E-state index in [1.807, 2.05) is 7.05 Å². The summed E-state index contributed by atoms with van der Waals surface area (Å²) in [6.07, 6.45) is 9.94. The van der Waals surface area contributed by atoms with E-state index in [9.17, 15) is 10.0 Å². The molecule has 4 aliphatic carbocycles. The van der Waals surface area contributed by atoms with Crippen molar-refractivity contribution in [2.75, 3.05) is 19.3 Å². The van der Waals surface area contributed by atoms with E-state index in [-0.39, 0.29) is 10.8 Å². The third kappa shape index (κ3) is 3.25. The van der Waals surface area contributed by atoms with E-state index in [1.54, 1.807) is 0 Å². The maximum atomic E-state index is 12.6. The van der Waals surface area contributed by atoms with E-state index in [0.717, 1.165) is 37.9 Å². The first-order valence-electron chi connectivity index (χ1n) is 11.4. The highest BCUT2D eigenvalue weighted by Gasteiger charge is 2.61. The van der Waals surface area contributed by atoms with E-state index in [2.05, 4.69) is 36.1 Å². The third-order valence-electron chi connectivity index (χ3n) is 9.19. The topological polar surface area (TPSA) is 61.7 Å². The monoisotopic (exact) mass is 406 g/mol. The quantitative estimate of drug-likeness (QED) is 0.393. The molecule has 7 atom stereocenters. The van der Waals surface area contributed by atoms with Crippen molar-refractivity contribution in [3.63, 3.8) is 0 Å². The van der Waals surface area contributed by atoms with Crippen LogP contribution in [0.25, 0.3) is 0 Å². The van der Waals surface area contributed by atoms with Crippen molar-refractivity contribution in [1.29, 1.82) is 0 Å². The number of carbonyl (C=O) groups excluding carboxylic acids is 1. The Labute approximate surface area is 174 Å². The SMILES string of the molecule is CNCCCS[C@@H]1CC[C@@]2(C)C(C1)/C(=N/O)C[C@@H]1[C@@H]2CC[C@]2(C)C(=O)CC[C@@H]12. The van der Waals surface area contributed by atoms with Gasteiger partial charge in [0, 0.05) is 23.0 Å². The fraction of sp³-hybridized carbons (Fsp3) is 0.913. The van der Waals surface area contributed by atoms with Crippen molar-refractivity contribution in [2.24, 2.45) is 39.7 Å². The van der Waals surface area contributed by atoms with E-state index in [0.29, 0.717) is 34.7 Å². The van der Waals surface area contributed by atoms with Crippen molar-refractivity contribution in [2.45, 2.75) is 76.9 Å². The number of fused-ring (bicyclic) bond motifs is 5. The molecule has 0 aromatic carbocycles. The van der Waals surface area contributed by atoms with Gasteiger partial charge in [0.25, 0.3) is 0 Å². The zero-order valence-electron chi connectivity index (χ0n) is 17.9. The van der Waals surface area contributed by atoms with Crippen LogP contribution in [0.15, 0.2) is 5.16 Å². The predicted molar refractivity (Wildman–Crippen MR) is 116 cm³/mol. The first-order valence-corrected chi connectivity index (χ1v) is 12.5. The van der Waals surface area contributed by atoms with Gasteiger partial charge in [-0.1, -0.05) is 19.0 Å². The van der Waals surface area contributed by atoms with Crippen LogP contribution < -0.4 is 5.32 Å². The van der Waals surface area contributed by atoms with Crippen molar-refractivity contribution < 1.29 is 10.0 Å². The summed E-state index contributed by atoms with van der Waals surface area (Å²) in [5.74, 6) is 3.87. The summed E-state index contributed by atoms with van der Waals surface area (Å²) in [7, 11) is 2.02. The molecule has 0 radical (unpaired) electrons. The predicted octanol–water partition coefficient (Wildman–Crippen LogP) is 4.75. The molecule has 0 aromatic rings. The van der Waals surface area contributed by atoms with Crippen LogP contribution in [-0.4, -0.2) is 41.3 Å². The van der Waals surface area contributed by atoms with Gasteiger partial charge in [-0.25, -0.2) is 0 Å². The molecule has 2 N–H and O–H groups in total. The summed E-state index contributed by atoms with van der Waals surface area (Å²) in [5.41, 5.74) is 1.19. The number of Topliss-reactive ketones (excluding diaryl/α,β-unsaturated/α-hetero) is 1. The van der Waals surface area contributed by atoms with Crippen molar-refractivity contribution in [3.05, 3.63) is 0 Å². The molecule has 4 saturated carbocycles. The first-order chi connectivity index (χ1) is 13.4. The van der Waals surface area contributed by atoms with E-state index in [1.165, 1.54) is 37.9 Å². The molecule has 0 aromatic heterocycles. The zero-order chi connectivity index (χ0) is 19.9. The Hall–Kier alpha value is -0.550. The Morgan fingerprint density at radius 1 is 1.21 bits per heavy atom. The highest BCUT2D eigenvalue weighted by Crippen LogP contribution is 2.65. The van der Waals surface area contributed by atoms with Gasteiger partial charge in [-0.15, -0.1) is 0 Å². The van der Waals surface area contributed by atoms with Crippen LogP contribution in [0.3, 0.4) is 0 Å².